The van der Waals surface area contributed by atoms with Crippen molar-refractivity contribution < 1.29 is 40.8 Å². The number of nitrogens with zero attached hydrogens (tertiary/aromatic N) is 1. The van der Waals surface area contributed by atoms with Crippen LogP contribution >= 0.6 is 7.75 Å². The number of carbonyl (C=O) groups excluding carboxylic acids is 1. The summed E-state index contributed by atoms with van der Waals surface area (Å²) in [5.74, 6) is -0.959. The Balaban J connectivity index is 1.90. The molecule has 1 aliphatic heterocycles. The third-order valence-corrected chi connectivity index (χ3v) is 7.13. The summed E-state index contributed by atoms with van der Waals surface area (Å²) in [4.78, 5) is 38.5. The molecule has 0 aliphatic carbocycles. The predicted octanol–water partition coefficient (Wildman–Crippen LogP) is 0.927. The number of H-pyrrole nitrogens is 1. The van der Waals surface area contributed by atoms with Crippen LogP contribution in [-0.2, 0) is 23.4 Å². The lowest BCUT2D eigenvalue weighted by molar-refractivity contribution is -0.146. The second kappa shape index (κ2) is 11.7. The van der Waals surface area contributed by atoms with E-state index in [-0.39, 0.29) is 12.4 Å². The van der Waals surface area contributed by atoms with Gasteiger partial charge >= 0.3 is 19.4 Å². The first kappa shape index (κ1) is 25.8. The average molecular weight is 544 g/mol. The molecule has 0 radical (unpaired) electrons. The molecule has 1 saturated heterocycles. The molecule has 1 aromatic heterocycles. The molecule has 2 unspecified atom stereocenters. The van der Waals surface area contributed by atoms with Gasteiger partial charge in [0.1, 0.15) is 29.6 Å². The van der Waals surface area contributed by atoms with Crippen molar-refractivity contribution in [3.63, 3.8) is 0 Å². The van der Waals surface area contributed by atoms with Crippen LogP contribution in [0.2, 0.25) is 0 Å². The van der Waals surface area contributed by atoms with Gasteiger partial charge in [0.15, 0.2) is 6.23 Å². The van der Waals surface area contributed by atoms with Crippen molar-refractivity contribution in [3.8, 4) is 5.75 Å². The summed E-state index contributed by atoms with van der Waals surface area (Å²) < 4.78 is 51.9. The Kier molecular flexibility index (Phi) is 8.18. The summed E-state index contributed by atoms with van der Waals surface area (Å²) >= 11 is 0. The van der Waals surface area contributed by atoms with Gasteiger partial charge in [0, 0.05) is 12.2 Å². The molecule has 6 atom stereocenters. The van der Waals surface area contributed by atoms with E-state index < -0.39 is 79.8 Å². The van der Waals surface area contributed by atoms with Crippen LogP contribution in [0.15, 0.2) is 52.1 Å². The lowest BCUT2D eigenvalue weighted by Crippen LogP contribution is -2.47. The Morgan fingerprint density at radius 2 is 2.03 bits per heavy atom. The summed E-state index contributed by atoms with van der Waals surface area (Å²) in [6.07, 6.45) is -5.73. The lowest BCUT2D eigenvalue weighted by atomic mass is 9.96. The minimum atomic E-state index is -4.38. The summed E-state index contributed by atoms with van der Waals surface area (Å²) in [5.41, 5.74) is -4.46. The van der Waals surface area contributed by atoms with E-state index in [2.05, 4.69) is 5.09 Å². The minimum absolute atomic E-state index is 0.0785. The van der Waals surface area contributed by atoms with Crippen molar-refractivity contribution in [2.45, 2.75) is 57.8 Å². The van der Waals surface area contributed by atoms with Crippen LogP contribution in [0.4, 0.5) is 0 Å². The molecule has 204 valence electrons. The van der Waals surface area contributed by atoms with Gasteiger partial charge in [0.05, 0.1) is 16.0 Å². The number of ether oxygens (including phenoxy) is 2. The number of aliphatic hydroxyl groups excluding tert-OH is 1. The number of aromatic nitrogens is 2. The van der Waals surface area contributed by atoms with E-state index in [0.29, 0.717) is 4.57 Å². The van der Waals surface area contributed by atoms with Crippen LogP contribution in [0.5, 0.6) is 5.75 Å². The van der Waals surface area contributed by atoms with Crippen LogP contribution < -0.4 is 20.9 Å². The second-order valence-electron chi connectivity index (χ2n) is 8.86. The molecule has 1 aliphatic rings. The van der Waals surface area contributed by atoms with Crippen LogP contribution in [0.1, 0.15) is 36.7 Å². The van der Waals surface area contributed by atoms with Gasteiger partial charge in [0.25, 0.3) is 5.56 Å². The Labute approximate surface area is 215 Å². The molecule has 2 heterocycles. The molecule has 0 saturated carbocycles. The van der Waals surface area contributed by atoms with Crippen LogP contribution in [-0.4, -0.2) is 62.8 Å². The summed E-state index contributed by atoms with van der Waals surface area (Å²) in [7, 11) is -4.38. The molecule has 3 rings (SSSR count). The summed E-state index contributed by atoms with van der Waals surface area (Å²) in [5, 5.41) is 24.3. The van der Waals surface area contributed by atoms with Crippen molar-refractivity contribution in [2.75, 3.05) is 13.2 Å². The number of hydrogen-bond donors (Lipinski definition) is 4. The minimum Gasteiger partial charge on any atom is -0.465 e. The number of para-hydroxylation sites is 1. The number of nitrogens with one attached hydrogen (secondary N) is 2. The maximum Gasteiger partial charge on any atom is 0.459 e. The Bertz CT molecular complexity index is 1330. The highest BCUT2D eigenvalue weighted by molar-refractivity contribution is 7.52. The molecule has 0 bridgehead atoms. The van der Waals surface area contributed by atoms with E-state index in [9.17, 15) is 29.2 Å². The fourth-order valence-electron chi connectivity index (χ4n) is 3.63. The maximum atomic E-state index is 13.9. The topological polar surface area (TPSA) is 178 Å². The number of esters is 1. The summed E-state index contributed by atoms with van der Waals surface area (Å²) in [6, 6.07) is 6.00. The molecular weight excluding hydrogens is 509 g/mol. The lowest BCUT2D eigenvalue weighted by Gasteiger charge is -2.28. The highest BCUT2D eigenvalue weighted by Crippen LogP contribution is 2.47. The summed E-state index contributed by atoms with van der Waals surface area (Å²) in [6.45, 7) is 5.53. The smallest absolute Gasteiger partial charge is 0.459 e. The SMILES string of the molecule is [2H]c1c([2H])n([C@@H]2O[C@H](COP(=O)(NC(C(=O)OCC)C(C)C)Oc3ccccc3)[C@@H](O)[C@@]2(C)O)c(=O)[nH]c1=O. The van der Waals surface area contributed by atoms with Crippen molar-refractivity contribution in [3.05, 3.63) is 63.4 Å². The zero-order chi connectivity index (χ0) is 29.1. The second-order valence-corrected chi connectivity index (χ2v) is 10.6. The Hall–Kier alpha value is -2.80. The molecule has 0 spiro atoms. The highest BCUT2D eigenvalue weighted by Gasteiger charge is 2.54. The van der Waals surface area contributed by atoms with Crippen LogP contribution in [0.3, 0.4) is 0 Å². The zero-order valence-corrected chi connectivity index (χ0v) is 21.6. The van der Waals surface area contributed by atoms with E-state index in [0.717, 1.165) is 6.92 Å². The largest absolute Gasteiger partial charge is 0.465 e. The van der Waals surface area contributed by atoms with Crippen LogP contribution in [0.25, 0.3) is 0 Å². The molecule has 37 heavy (non-hydrogen) atoms. The third kappa shape index (κ3) is 6.75. The van der Waals surface area contributed by atoms with Gasteiger partial charge in [-0.05, 0) is 31.9 Å². The molecule has 2 aromatic rings. The predicted molar refractivity (Wildman–Crippen MR) is 131 cm³/mol. The molecule has 13 nitrogen and oxygen atoms in total. The van der Waals surface area contributed by atoms with Crippen molar-refractivity contribution in [2.24, 2.45) is 5.92 Å². The van der Waals surface area contributed by atoms with Gasteiger partial charge in [-0.2, -0.15) is 5.09 Å². The number of rotatable bonds is 11. The third-order valence-electron chi connectivity index (χ3n) is 5.60. The first-order valence-electron chi connectivity index (χ1n) is 12.5. The number of carbonyl (C=O) groups is 1. The normalized spacial score (nSPS) is 26.7. The maximum absolute atomic E-state index is 13.9. The van der Waals surface area contributed by atoms with Crippen molar-refractivity contribution >= 4 is 13.7 Å². The zero-order valence-electron chi connectivity index (χ0n) is 22.7. The van der Waals surface area contributed by atoms with Gasteiger partial charge in [-0.25, -0.2) is 9.36 Å². The van der Waals surface area contributed by atoms with E-state index in [1.807, 2.05) is 4.98 Å². The number of aliphatic hydroxyl groups is 2. The average Bonchev–Trinajstić information content (AvgIpc) is 3.09. The monoisotopic (exact) mass is 543 g/mol. The van der Waals surface area contributed by atoms with Gasteiger partial charge in [-0.15, -0.1) is 0 Å². The fraction of sp³-hybridized carbons (Fsp3) is 0.522. The molecule has 0 amide bonds. The number of aromatic amines is 1. The van der Waals surface area contributed by atoms with Crippen molar-refractivity contribution in [1.82, 2.24) is 14.6 Å². The number of benzene rings is 1. The van der Waals surface area contributed by atoms with Crippen LogP contribution in [0, 0.1) is 5.92 Å². The van der Waals surface area contributed by atoms with Gasteiger partial charge in [-0.1, -0.05) is 32.0 Å². The van der Waals surface area contributed by atoms with E-state index in [1.54, 1.807) is 39.0 Å². The molecule has 1 fully saturated rings. The van der Waals surface area contributed by atoms with Gasteiger partial charge in [0.2, 0.25) is 0 Å². The Morgan fingerprint density at radius 1 is 1.35 bits per heavy atom. The molecule has 14 heteroatoms. The fourth-order valence-corrected chi connectivity index (χ4v) is 5.29. The quantitative estimate of drug-likeness (QED) is 0.234. The number of hydrogen-bond acceptors (Lipinski definition) is 10. The molecule has 1 aromatic carbocycles. The first-order chi connectivity index (χ1) is 18.2. The van der Waals surface area contributed by atoms with Gasteiger partial charge < -0.3 is 24.2 Å². The van der Waals surface area contributed by atoms with E-state index in [4.69, 9.17) is 21.3 Å². The van der Waals surface area contributed by atoms with Crippen molar-refractivity contribution in [1.29, 1.82) is 0 Å². The van der Waals surface area contributed by atoms with Gasteiger partial charge in [-0.3, -0.25) is 23.7 Å². The highest BCUT2D eigenvalue weighted by atomic mass is 31.2. The standard InChI is InChI=1S/C23H32N3O10P/c1-5-33-20(29)18(14(2)3)25-37(32,36-15-9-7-6-8-10-15)34-13-16-19(28)23(4,31)21(35-16)26-12-11-17(27)24-22(26)30/h6-12,14,16,18-19,21,28,31H,5,13H2,1-4H3,(H,25,32)(H,24,27,30)/t16-,18?,19-,21-,23-,37?/m1/s1/i11D,12D. The molecule has 4 N–H and O–H groups in total. The molecular formula is C23H32N3O10P. The Morgan fingerprint density at radius 3 is 2.65 bits per heavy atom. The van der Waals surface area contributed by atoms with E-state index in [1.165, 1.54) is 12.1 Å². The first-order valence-corrected chi connectivity index (χ1v) is 13.1. The van der Waals surface area contributed by atoms with E-state index >= 15 is 0 Å².